The number of hydrazone groups is 1. The van der Waals surface area contributed by atoms with Gasteiger partial charge in [0, 0.05) is 29.1 Å². The molecule has 1 aromatic carbocycles. The van der Waals surface area contributed by atoms with Crippen molar-refractivity contribution < 1.29 is 4.79 Å². The number of carbonyl (C=O) groups excluding carboxylic acids is 1. The number of hydrogen-bond acceptors (Lipinski definition) is 2. The van der Waals surface area contributed by atoms with E-state index in [1.807, 2.05) is 30.5 Å². The number of aromatic nitrogens is 1. The zero-order valence-corrected chi connectivity index (χ0v) is 11.1. The molecule has 0 fully saturated rings. The fourth-order valence-corrected chi connectivity index (χ4v) is 1.97. The van der Waals surface area contributed by atoms with Crippen LogP contribution >= 0.6 is 0 Å². The largest absolute Gasteiger partial charge is 0.361 e. The molecular formula is C15H19N3O. The number of rotatable bonds is 6. The minimum atomic E-state index is -0.0236. The van der Waals surface area contributed by atoms with Crippen molar-refractivity contribution in [1.29, 1.82) is 0 Å². The summed E-state index contributed by atoms with van der Waals surface area (Å²) < 4.78 is 0. The Morgan fingerprint density at radius 3 is 3.05 bits per heavy atom. The van der Waals surface area contributed by atoms with Crippen LogP contribution < -0.4 is 5.43 Å². The number of nitrogens with one attached hydrogen (secondary N) is 2. The molecule has 0 bridgehead atoms. The Bertz CT molecular complexity index is 572. The van der Waals surface area contributed by atoms with Crippen LogP contribution in [0.25, 0.3) is 10.9 Å². The van der Waals surface area contributed by atoms with Crippen LogP contribution in [0.3, 0.4) is 0 Å². The summed E-state index contributed by atoms with van der Waals surface area (Å²) in [7, 11) is 0. The van der Waals surface area contributed by atoms with Gasteiger partial charge in [-0.2, -0.15) is 5.10 Å². The van der Waals surface area contributed by atoms with E-state index < -0.39 is 0 Å². The maximum absolute atomic E-state index is 11.5. The molecule has 0 radical (unpaired) electrons. The molecule has 0 aliphatic rings. The van der Waals surface area contributed by atoms with Crippen LogP contribution in [0.2, 0.25) is 0 Å². The number of unbranched alkanes of at least 4 members (excludes halogenated alkanes) is 2. The minimum Gasteiger partial charge on any atom is -0.361 e. The van der Waals surface area contributed by atoms with Gasteiger partial charge in [-0.25, -0.2) is 5.43 Å². The summed E-state index contributed by atoms with van der Waals surface area (Å²) in [5.74, 6) is -0.0236. The molecule has 4 heteroatoms. The lowest BCUT2D eigenvalue weighted by Gasteiger charge is -1.98. The quantitative estimate of drug-likeness (QED) is 0.466. The van der Waals surface area contributed by atoms with Gasteiger partial charge >= 0.3 is 0 Å². The van der Waals surface area contributed by atoms with Crippen molar-refractivity contribution in [2.24, 2.45) is 5.10 Å². The molecule has 0 aliphatic heterocycles. The van der Waals surface area contributed by atoms with Gasteiger partial charge in [0.2, 0.25) is 5.91 Å². The van der Waals surface area contributed by atoms with E-state index in [-0.39, 0.29) is 5.91 Å². The molecule has 2 aromatic rings. The predicted molar refractivity (Wildman–Crippen MR) is 78.2 cm³/mol. The normalized spacial score (nSPS) is 11.2. The van der Waals surface area contributed by atoms with Gasteiger partial charge in [-0.3, -0.25) is 4.79 Å². The molecule has 0 saturated carbocycles. The van der Waals surface area contributed by atoms with Crippen LogP contribution in [0.5, 0.6) is 0 Å². The highest BCUT2D eigenvalue weighted by atomic mass is 16.2. The number of hydrogen-bond donors (Lipinski definition) is 2. The number of H-pyrrole nitrogens is 1. The van der Waals surface area contributed by atoms with Crippen LogP contribution in [0.1, 0.15) is 38.2 Å². The van der Waals surface area contributed by atoms with Crippen LogP contribution in [-0.2, 0) is 4.79 Å². The number of carbonyl (C=O) groups is 1. The van der Waals surface area contributed by atoms with E-state index in [1.54, 1.807) is 6.21 Å². The molecule has 2 rings (SSSR count). The van der Waals surface area contributed by atoms with Crippen molar-refractivity contribution in [3.63, 3.8) is 0 Å². The van der Waals surface area contributed by atoms with Gasteiger partial charge in [-0.05, 0) is 12.5 Å². The smallest absolute Gasteiger partial charge is 0.240 e. The first kappa shape index (κ1) is 13.3. The van der Waals surface area contributed by atoms with Crippen molar-refractivity contribution in [3.8, 4) is 0 Å². The van der Waals surface area contributed by atoms with Gasteiger partial charge in [0.05, 0.1) is 6.21 Å². The van der Waals surface area contributed by atoms with E-state index in [2.05, 4.69) is 22.4 Å². The summed E-state index contributed by atoms with van der Waals surface area (Å²) in [5.41, 5.74) is 4.61. The molecule has 4 nitrogen and oxygen atoms in total. The molecule has 0 aliphatic carbocycles. The van der Waals surface area contributed by atoms with Crippen LogP contribution in [-0.4, -0.2) is 17.1 Å². The first-order chi connectivity index (χ1) is 9.31. The van der Waals surface area contributed by atoms with Crippen molar-refractivity contribution in [2.75, 3.05) is 0 Å². The van der Waals surface area contributed by atoms with Crippen LogP contribution in [0.15, 0.2) is 35.6 Å². The Kier molecular flexibility index (Phi) is 4.72. The highest BCUT2D eigenvalue weighted by molar-refractivity contribution is 5.99. The number of amides is 1. The minimum absolute atomic E-state index is 0.0236. The molecular weight excluding hydrogens is 238 g/mol. The van der Waals surface area contributed by atoms with Crippen molar-refractivity contribution in [1.82, 2.24) is 10.4 Å². The summed E-state index contributed by atoms with van der Waals surface area (Å²) in [6.07, 6.45) is 7.23. The monoisotopic (exact) mass is 257 g/mol. The van der Waals surface area contributed by atoms with Gasteiger partial charge in [-0.15, -0.1) is 0 Å². The Morgan fingerprint density at radius 1 is 1.37 bits per heavy atom. The van der Waals surface area contributed by atoms with E-state index in [0.29, 0.717) is 6.42 Å². The van der Waals surface area contributed by atoms with Gasteiger partial charge in [0.1, 0.15) is 0 Å². The summed E-state index contributed by atoms with van der Waals surface area (Å²) in [4.78, 5) is 14.6. The van der Waals surface area contributed by atoms with E-state index >= 15 is 0 Å². The van der Waals surface area contributed by atoms with Crippen molar-refractivity contribution in [2.45, 2.75) is 32.6 Å². The van der Waals surface area contributed by atoms with E-state index in [9.17, 15) is 4.79 Å². The van der Waals surface area contributed by atoms with Crippen molar-refractivity contribution in [3.05, 3.63) is 36.0 Å². The first-order valence-electron chi connectivity index (χ1n) is 6.69. The van der Waals surface area contributed by atoms with Gasteiger partial charge < -0.3 is 4.98 Å². The topological polar surface area (TPSA) is 57.2 Å². The predicted octanol–water partition coefficient (Wildman–Crippen LogP) is 3.20. The SMILES string of the molecule is CCCCCC(=O)NN=Cc1c[nH]c2ccccc12. The second kappa shape index (κ2) is 6.73. The first-order valence-corrected chi connectivity index (χ1v) is 6.69. The zero-order valence-electron chi connectivity index (χ0n) is 11.1. The lowest BCUT2D eigenvalue weighted by molar-refractivity contribution is -0.121. The van der Waals surface area contributed by atoms with E-state index in [4.69, 9.17) is 0 Å². The molecule has 0 spiro atoms. The highest BCUT2D eigenvalue weighted by Crippen LogP contribution is 2.15. The van der Waals surface area contributed by atoms with Crippen LogP contribution in [0.4, 0.5) is 0 Å². The standard InChI is InChI=1S/C15H19N3O/c1-2-3-4-9-15(19)18-17-11-12-10-16-14-8-6-5-7-13(12)14/h5-8,10-11,16H,2-4,9H2,1H3,(H,18,19). The number of nitrogens with zero attached hydrogens (tertiary/aromatic N) is 1. The molecule has 0 saturated heterocycles. The maximum Gasteiger partial charge on any atom is 0.240 e. The summed E-state index contributed by atoms with van der Waals surface area (Å²) >= 11 is 0. The molecule has 1 aromatic heterocycles. The van der Waals surface area contributed by atoms with E-state index in [1.165, 1.54) is 0 Å². The molecule has 100 valence electrons. The Hall–Kier alpha value is -2.10. The van der Waals surface area contributed by atoms with E-state index in [0.717, 1.165) is 35.7 Å². The second-order valence-corrected chi connectivity index (χ2v) is 4.54. The number of para-hydroxylation sites is 1. The fourth-order valence-electron chi connectivity index (χ4n) is 1.97. The number of benzene rings is 1. The molecule has 0 atom stereocenters. The number of aromatic amines is 1. The third-order valence-corrected chi connectivity index (χ3v) is 3.02. The number of fused-ring (bicyclic) bond motifs is 1. The Labute approximate surface area is 112 Å². The second-order valence-electron chi connectivity index (χ2n) is 4.54. The summed E-state index contributed by atoms with van der Waals surface area (Å²) in [6.45, 7) is 2.12. The average Bonchev–Trinajstić information content (AvgIpc) is 2.83. The molecule has 2 N–H and O–H groups in total. The Morgan fingerprint density at radius 2 is 2.21 bits per heavy atom. The third-order valence-electron chi connectivity index (χ3n) is 3.02. The fraction of sp³-hybridized carbons (Fsp3) is 0.333. The lowest BCUT2D eigenvalue weighted by Crippen LogP contribution is -2.16. The molecule has 0 unspecified atom stereocenters. The highest BCUT2D eigenvalue weighted by Gasteiger charge is 2.00. The molecule has 1 amide bonds. The summed E-state index contributed by atoms with van der Waals surface area (Å²) in [5, 5.41) is 5.10. The Balaban J connectivity index is 1.90. The average molecular weight is 257 g/mol. The zero-order chi connectivity index (χ0) is 13.5. The van der Waals surface area contributed by atoms with Gasteiger partial charge in [-0.1, -0.05) is 38.0 Å². The van der Waals surface area contributed by atoms with Gasteiger partial charge in [0.15, 0.2) is 0 Å². The molecule has 19 heavy (non-hydrogen) atoms. The third kappa shape index (κ3) is 3.68. The van der Waals surface area contributed by atoms with Crippen molar-refractivity contribution >= 4 is 23.0 Å². The lowest BCUT2D eigenvalue weighted by atomic mass is 10.2. The summed E-state index contributed by atoms with van der Waals surface area (Å²) in [6, 6.07) is 8.00. The molecule has 1 heterocycles. The van der Waals surface area contributed by atoms with Gasteiger partial charge in [0.25, 0.3) is 0 Å². The van der Waals surface area contributed by atoms with Crippen LogP contribution in [0, 0.1) is 0 Å². The maximum atomic E-state index is 11.5.